The maximum atomic E-state index is 12.7. The molecule has 26 heavy (non-hydrogen) atoms. The van der Waals surface area contributed by atoms with Crippen molar-refractivity contribution in [2.24, 2.45) is 0 Å². The molecule has 0 radical (unpaired) electrons. The molecule has 7 heteroatoms. The number of rotatable bonds is 4. The van der Waals surface area contributed by atoms with Crippen LogP contribution in [0.3, 0.4) is 0 Å². The Kier molecular flexibility index (Phi) is 5.66. The van der Waals surface area contributed by atoms with Gasteiger partial charge in [-0.1, -0.05) is 18.2 Å². The highest BCUT2D eigenvalue weighted by atomic mass is 32.1. The van der Waals surface area contributed by atoms with Gasteiger partial charge in [0.05, 0.1) is 5.56 Å². The van der Waals surface area contributed by atoms with E-state index in [2.05, 4.69) is 27.7 Å². The lowest BCUT2D eigenvalue weighted by Crippen LogP contribution is -2.28. The van der Waals surface area contributed by atoms with Crippen molar-refractivity contribution >= 4 is 28.7 Å². The van der Waals surface area contributed by atoms with Gasteiger partial charge in [0, 0.05) is 31.0 Å². The number of benzene rings is 2. The van der Waals surface area contributed by atoms with Gasteiger partial charge in [-0.15, -0.1) is 0 Å². The molecular weight excluding hydrogens is 359 g/mol. The molecule has 1 saturated heterocycles. The van der Waals surface area contributed by atoms with Crippen molar-refractivity contribution in [2.45, 2.75) is 25.6 Å². The minimum atomic E-state index is -4.37. The Labute approximate surface area is 156 Å². The van der Waals surface area contributed by atoms with Gasteiger partial charge in [0.15, 0.2) is 5.11 Å². The van der Waals surface area contributed by atoms with Crippen LogP contribution in [0.25, 0.3) is 0 Å². The topological polar surface area (TPSA) is 27.3 Å². The first-order valence-electron chi connectivity index (χ1n) is 8.48. The van der Waals surface area contributed by atoms with E-state index >= 15 is 0 Å². The molecule has 0 amide bonds. The fourth-order valence-electron chi connectivity index (χ4n) is 2.93. The van der Waals surface area contributed by atoms with E-state index in [9.17, 15) is 13.2 Å². The number of alkyl halides is 3. The number of halogens is 3. The maximum absolute atomic E-state index is 12.7. The summed E-state index contributed by atoms with van der Waals surface area (Å²) in [7, 11) is 0. The summed E-state index contributed by atoms with van der Waals surface area (Å²) in [5, 5.41) is 6.10. The van der Waals surface area contributed by atoms with E-state index in [1.807, 2.05) is 12.1 Å². The summed E-state index contributed by atoms with van der Waals surface area (Å²) in [6.07, 6.45) is -1.90. The molecule has 1 aliphatic heterocycles. The van der Waals surface area contributed by atoms with Gasteiger partial charge in [0.25, 0.3) is 0 Å². The lowest BCUT2D eigenvalue weighted by molar-refractivity contribution is -0.137. The molecule has 0 aromatic heterocycles. The van der Waals surface area contributed by atoms with Crippen LogP contribution < -0.4 is 15.5 Å². The van der Waals surface area contributed by atoms with Crippen LogP contribution in [-0.2, 0) is 12.7 Å². The van der Waals surface area contributed by atoms with Crippen molar-refractivity contribution in [3.63, 3.8) is 0 Å². The number of hydrogen-bond donors (Lipinski definition) is 2. The van der Waals surface area contributed by atoms with Gasteiger partial charge in [-0.2, -0.15) is 13.2 Å². The molecule has 1 aliphatic rings. The number of nitrogens with one attached hydrogen (secondary N) is 2. The fourth-order valence-corrected chi connectivity index (χ4v) is 3.12. The predicted molar refractivity (Wildman–Crippen MR) is 102 cm³/mol. The summed E-state index contributed by atoms with van der Waals surface area (Å²) in [4.78, 5) is 2.36. The number of nitrogens with zero attached hydrogens (tertiary/aromatic N) is 1. The van der Waals surface area contributed by atoms with Crippen molar-refractivity contribution < 1.29 is 13.2 Å². The van der Waals surface area contributed by atoms with Gasteiger partial charge >= 0.3 is 6.18 Å². The number of anilines is 2. The SMILES string of the molecule is FC(F)(F)c1cccc(NC(=S)NCc2ccc(N3CCCC3)cc2)c1. The summed E-state index contributed by atoms with van der Waals surface area (Å²) in [5.41, 5.74) is 1.88. The summed E-state index contributed by atoms with van der Waals surface area (Å²) in [5.74, 6) is 0. The Morgan fingerprint density at radius 2 is 1.73 bits per heavy atom. The second-order valence-corrected chi connectivity index (χ2v) is 6.66. The predicted octanol–water partition coefficient (Wildman–Crippen LogP) is 4.79. The van der Waals surface area contributed by atoms with Gasteiger partial charge in [0.1, 0.15) is 0 Å². The first-order valence-corrected chi connectivity index (χ1v) is 8.89. The van der Waals surface area contributed by atoms with Gasteiger partial charge < -0.3 is 15.5 Å². The van der Waals surface area contributed by atoms with Gasteiger partial charge in [-0.25, -0.2) is 0 Å². The number of hydrogen-bond acceptors (Lipinski definition) is 2. The van der Waals surface area contributed by atoms with Crippen LogP contribution in [0.15, 0.2) is 48.5 Å². The van der Waals surface area contributed by atoms with E-state index < -0.39 is 11.7 Å². The summed E-state index contributed by atoms with van der Waals surface area (Å²) in [6, 6.07) is 13.2. The zero-order valence-electron chi connectivity index (χ0n) is 14.1. The minimum absolute atomic E-state index is 0.285. The second kappa shape index (κ2) is 7.95. The summed E-state index contributed by atoms with van der Waals surface area (Å²) < 4.78 is 38.2. The zero-order chi connectivity index (χ0) is 18.6. The first-order chi connectivity index (χ1) is 12.4. The molecular formula is C19H20F3N3S. The first kappa shape index (κ1) is 18.5. The van der Waals surface area contributed by atoms with E-state index in [1.54, 1.807) is 6.07 Å². The van der Waals surface area contributed by atoms with Crippen LogP contribution in [0.4, 0.5) is 24.5 Å². The highest BCUT2D eigenvalue weighted by Crippen LogP contribution is 2.30. The molecule has 2 aromatic carbocycles. The Morgan fingerprint density at radius 1 is 1.04 bits per heavy atom. The van der Waals surface area contributed by atoms with Crippen LogP contribution in [0.1, 0.15) is 24.0 Å². The van der Waals surface area contributed by atoms with Gasteiger partial charge in [-0.05, 0) is 61.0 Å². The standard InChI is InChI=1S/C19H20F3N3S/c20-19(21,22)15-4-3-5-16(12-15)24-18(26)23-13-14-6-8-17(9-7-14)25-10-1-2-11-25/h3-9,12H,1-2,10-11,13H2,(H2,23,24,26). The minimum Gasteiger partial charge on any atom is -0.372 e. The van der Waals surface area contributed by atoms with Crippen molar-refractivity contribution in [3.8, 4) is 0 Å². The highest BCUT2D eigenvalue weighted by molar-refractivity contribution is 7.80. The highest BCUT2D eigenvalue weighted by Gasteiger charge is 2.30. The number of thiocarbonyl (C=S) groups is 1. The molecule has 2 aromatic rings. The molecule has 0 aliphatic carbocycles. The van der Waals surface area contributed by atoms with Crippen LogP contribution in [0, 0.1) is 0 Å². The maximum Gasteiger partial charge on any atom is 0.416 e. The van der Waals surface area contributed by atoms with Gasteiger partial charge in [-0.3, -0.25) is 0 Å². The third-order valence-corrected chi connectivity index (χ3v) is 4.55. The molecule has 0 atom stereocenters. The van der Waals surface area contributed by atoms with E-state index in [0.717, 1.165) is 30.8 Å². The molecule has 1 heterocycles. The van der Waals surface area contributed by atoms with E-state index in [4.69, 9.17) is 12.2 Å². The van der Waals surface area contributed by atoms with Crippen LogP contribution in [-0.4, -0.2) is 18.2 Å². The smallest absolute Gasteiger partial charge is 0.372 e. The average Bonchev–Trinajstić information content (AvgIpc) is 3.14. The fraction of sp³-hybridized carbons (Fsp3) is 0.316. The average molecular weight is 379 g/mol. The molecule has 2 N–H and O–H groups in total. The molecule has 3 nitrogen and oxygen atoms in total. The molecule has 0 bridgehead atoms. The van der Waals surface area contributed by atoms with E-state index in [1.165, 1.54) is 24.6 Å². The van der Waals surface area contributed by atoms with Crippen molar-refractivity contribution in [1.29, 1.82) is 0 Å². The van der Waals surface area contributed by atoms with E-state index in [-0.39, 0.29) is 5.11 Å². The largest absolute Gasteiger partial charge is 0.416 e. The third kappa shape index (κ3) is 4.88. The molecule has 0 saturated carbocycles. The normalized spacial score (nSPS) is 14.3. The molecule has 138 valence electrons. The van der Waals surface area contributed by atoms with Crippen molar-refractivity contribution in [3.05, 3.63) is 59.7 Å². The Bertz CT molecular complexity index is 753. The van der Waals surface area contributed by atoms with E-state index in [0.29, 0.717) is 12.2 Å². The zero-order valence-corrected chi connectivity index (χ0v) is 15.0. The monoisotopic (exact) mass is 379 g/mol. The molecule has 0 unspecified atom stereocenters. The Balaban J connectivity index is 1.52. The molecule has 1 fully saturated rings. The third-order valence-electron chi connectivity index (χ3n) is 4.31. The molecule has 3 rings (SSSR count). The van der Waals surface area contributed by atoms with Crippen LogP contribution >= 0.6 is 12.2 Å². The van der Waals surface area contributed by atoms with Crippen molar-refractivity contribution in [2.75, 3.05) is 23.3 Å². The molecule has 0 spiro atoms. The quantitative estimate of drug-likeness (QED) is 0.747. The summed E-state index contributed by atoms with van der Waals surface area (Å²) >= 11 is 5.17. The second-order valence-electron chi connectivity index (χ2n) is 6.25. The van der Waals surface area contributed by atoms with Crippen LogP contribution in [0.2, 0.25) is 0 Å². The lowest BCUT2D eigenvalue weighted by Gasteiger charge is -2.18. The Morgan fingerprint density at radius 3 is 2.38 bits per heavy atom. The van der Waals surface area contributed by atoms with Crippen molar-refractivity contribution in [1.82, 2.24) is 5.32 Å². The Hall–Kier alpha value is -2.28. The summed E-state index contributed by atoms with van der Waals surface area (Å²) in [6.45, 7) is 2.70. The van der Waals surface area contributed by atoms with Gasteiger partial charge in [0.2, 0.25) is 0 Å². The van der Waals surface area contributed by atoms with Crippen LogP contribution in [0.5, 0.6) is 0 Å². The lowest BCUT2D eigenvalue weighted by atomic mass is 10.2.